The van der Waals surface area contributed by atoms with Crippen LogP contribution in [0.3, 0.4) is 0 Å². The first-order chi connectivity index (χ1) is 16.7. The van der Waals surface area contributed by atoms with E-state index in [0.29, 0.717) is 11.1 Å². The predicted molar refractivity (Wildman–Crippen MR) is 127 cm³/mol. The van der Waals surface area contributed by atoms with Crippen LogP contribution in [0.2, 0.25) is 0 Å². The largest absolute Gasteiger partial charge is 0.458 e. The Morgan fingerprint density at radius 3 is 1.83 bits per heavy atom. The fourth-order valence-electron chi connectivity index (χ4n) is 3.00. The zero-order chi connectivity index (χ0) is 25.4. The van der Waals surface area contributed by atoms with E-state index in [2.05, 4.69) is 13.2 Å². The molecule has 3 aromatic carbocycles. The number of hydrogen-bond donors (Lipinski definition) is 0. The third-order valence-corrected chi connectivity index (χ3v) is 4.94. The van der Waals surface area contributed by atoms with E-state index in [4.69, 9.17) is 14.2 Å². The molecule has 180 valence electrons. The number of rotatable bonds is 10. The number of carbonyl (C=O) groups excluding carboxylic acids is 2. The quantitative estimate of drug-likeness (QED) is 0.252. The smallest absolute Gasteiger partial charge is 0.426 e. The maximum absolute atomic E-state index is 14.7. The van der Waals surface area contributed by atoms with Crippen LogP contribution in [0.25, 0.3) is 11.1 Å². The minimum absolute atomic E-state index is 0.00358. The van der Waals surface area contributed by atoms with Gasteiger partial charge in [0.25, 0.3) is 0 Å². The third-order valence-electron chi connectivity index (χ3n) is 4.94. The summed E-state index contributed by atoms with van der Waals surface area (Å²) < 4.78 is 44.3. The molecule has 3 rings (SSSR count). The normalized spacial score (nSPS) is 10.8. The Morgan fingerprint density at radius 2 is 1.31 bits per heavy atom. The summed E-state index contributed by atoms with van der Waals surface area (Å²) in [4.78, 5) is 22.6. The molecule has 7 heteroatoms. The van der Waals surface area contributed by atoms with Crippen molar-refractivity contribution in [2.24, 2.45) is 0 Å². The average molecular weight is 478 g/mol. The molecule has 0 bridgehead atoms. The van der Waals surface area contributed by atoms with Crippen molar-refractivity contribution in [2.75, 3.05) is 0 Å². The van der Waals surface area contributed by atoms with Crippen LogP contribution in [-0.2, 0) is 38.4 Å². The van der Waals surface area contributed by atoms with Gasteiger partial charge in [0, 0.05) is 11.6 Å². The molecule has 0 fully saturated rings. The van der Waals surface area contributed by atoms with E-state index < -0.39 is 18.0 Å². The first kappa shape index (κ1) is 25.4. The van der Waals surface area contributed by atoms with E-state index in [0.717, 1.165) is 22.8 Å². The van der Waals surface area contributed by atoms with Crippen molar-refractivity contribution in [3.8, 4) is 16.9 Å². The fraction of sp³-hybridized carbons (Fsp3) is 0.143. The summed E-state index contributed by atoms with van der Waals surface area (Å²) in [6, 6.07) is 18.9. The molecule has 0 amide bonds. The van der Waals surface area contributed by atoms with Crippen molar-refractivity contribution in [2.45, 2.75) is 26.2 Å². The number of alkyl halides is 2. The van der Waals surface area contributed by atoms with Crippen LogP contribution < -0.4 is 4.74 Å². The second-order valence-corrected chi connectivity index (χ2v) is 7.71. The van der Waals surface area contributed by atoms with Gasteiger partial charge >= 0.3 is 18.0 Å². The Balaban J connectivity index is 1.62. The minimum atomic E-state index is -3.55. The molecule has 0 aromatic heterocycles. The van der Waals surface area contributed by atoms with E-state index in [-0.39, 0.29) is 24.5 Å². The Hall–Kier alpha value is -4.26. The molecule has 0 radical (unpaired) electrons. The van der Waals surface area contributed by atoms with E-state index in [9.17, 15) is 18.4 Å². The second kappa shape index (κ2) is 11.2. The van der Waals surface area contributed by atoms with Gasteiger partial charge in [-0.3, -0.25) is 0 Å². The first-order valence-electron chi connectivity index (χ1n) is 10.7. The first-order valence-corrected chi connectivity index (χ1v) is 10.7. The van der Waals surface area contributed by atoms with Crippen molar-refractivity contribution in [1.82, 2.24) is 0 Å². The Morgan fingerprint density at radius 1 is 0.829 bits per heavy atom. The van der Waals surface area contributed by atoms with Gasteiger partial charge in [-0.25, -0.2) is 9.59 Å². The molecule has 0 saturated heterocycles. The zero-order valence-electron chi connectivity index (χ0n) is 19.1. The molecule has 0 spiro atoms. The van der Waals surface area contributed by atoms with E-state index >= 15 is 0 Å². The number of ether oxygens (including phenoxy) is 3. The molecule has 0 aliphatic rings. The van der Waals surface area contributed by atoms with Gasteiger partial charge in [-0.15, -0.1) is 0 Å². The Kier molecular flexibility index (Phi) is 8.15. The van der Waals surface area contributed by atoms with Gasteiger partial charge in [0.2, 0.25) is 0 Å². The number of carbonyl (C=O) groups is 2. The number of hydrogen-bond acceptors (Lipinski definition) is 5. The van der Waals surface area contributed by atoms with Gasteiger partial charge in [-0.2, -0.15) is 8.78 Å². The highest BCUT2D eigenvalue weighted by Crippen LogP contribution is 2.33. The molecule has 0 aliphatic heterocycles. The van der Waals surface area contributed by atoms with Crippen molar-refractivity contribution in [3.05, 3.63) is 114 Å². The van der Waals surface area contributed by atoms with Gasteiger partial charge in [-0.05, 0) is 53.4 Å². The highest BCUT2D eigenvalue weighted by atomic mass is 19.3. The molecular formula is C28H24F2O5. The lowest BCUT2D eigenvalue weighted by Crippen LogP contribution is -2.21. The molecule has 0 N–H and O–H groups in total. The van der Waals surface area contributed by atoms with Crippen LogP contribution >= 0.6 is 0 Å². The van der Waals surface area contributed by atoms with Gasteiger partial charge in [0.1, 0.15) is 19.0 Å². The lowest BCUT2D eigenvalue weighted by molar-refractivity contribution is -0.185. The summed E-state index contributed by atoms with van der Waals surface area (Å²) in [5.74, 6) is -1.06. The molecule has 0 heterocycles. The lowest BCUT2D eigenvalue weighted by Gasteiger charge is -2.19. The Labute approximate surface area is 202 Å². The Bertz CT molecular complexity index is 1200. The summed E-state index contributed by atoms with van der Waals surface area (Å²) in [7, 11) is 0. The van der Waals surface area contributed by atoms with Gasteiger partial charge in [0.15, 0.2) is 0 Å². The second-order valence-electron chi connectivity index (χ2n) is 7.71. The molecule has 35 heavy (non-hydrogen) atoms. The van der Waals surface area contributed by atoms with Crippen LogP contribution in [-0.4, -0.2) is 11.9 Å². The summed E-state index contributed by atoms with van der Waals surface area (Å²) in [6.07, 6.45) is -2.50. The molecular weight excluding hydrogens is 454 g/mol. The van der Waals surface area contributed by atoms with Crippen molar-refractivity contribution in [3.63, 3.8) is 0 Å². The summed E-state index contributed by atoms with van der Waals surface area (Å²) in [6.45, 7) is 8.54. The molecule has 0 atom stereocenters. The monoisotopic (exact) mass is 478 g/mol. The number of benzene rings is 3. The maximum atomic E-state index is 14.7. The average Bonchev–Trinajstić information content (AvgIpc) is 2.86. The fourth-order valence-corrected chi connectivity index (χ4v) is 3.00. The zero-order valence-corrected chi connectivity index (χ0v) is 19.1. The molecule has 0 saturated carbocycles. The standard InChI is InChI=1S/C28H24F2O5/c1-4-26(31)33-17-21-7-15-25(16-8-21)35-28(29,30)24-13-11-23(12-14-24)22-9-5-20(6-10-22)18-34-27(32)19(2)3/h4-16H,1-2,17-18H2,3H3. The maximum Gasteiger partial charge on any atom is 0.426 e. The van der Waals surface area contributed by atoms with Crippen molar-refractivity contribution < 1.29 is 32.6 Å². The van der Waals surface area contributed by atoms with Crippen LogP contribution in [0.4, 0.5) is 8.78 Å². The highest BCUT2D eigenvalue weighted by Gasteiger charge is 2.34. The minimum Gasteiger partial charge on any atom is -0.458 e. The van der Waals surface area contributed by atoms with Crippen molar-refractivity contribution in [1.29, 1.82) is 0 Å². The summed E-state index contributed by atoms with van der Waals surface area (Å²) >= 11 is 0. The summed E-state index contributed by atoms with van der Waals surface area (Å²) in [5.41, 5.74) is 3.02. The van der Waals surface area contributed by atoms with E-state index in [1.165, 1.54) is 36.4 Å². The SMILES string of the molecule is C=CC(=O)OCc1ccc(OC(F)(F)c2ccc(-c3ccc(COC(=O)C(=C)C)cc3)cc2)cc1. The van der Waals surface area contributed by atoms with E-state index in [1.54, 1.807) is 31.2 Å². The third kappa shape index (κ3) is 7.11. The lowest BCUT2D eigenvalue weighted by atomic mass is 10.0. The molecule has 5 nitrogen and oxygen atoms in total. The van der Waals surface area contributed by atoms with Gasteiger partial charge < -0.3 is 14.2 Å². The number of esters is 2. The van der Waals surface area contributed by atoms with Crippen molar-refractivity contribution >= 4 is 11.9 Å². The topological polar surface area (TPSA) is 61.8 Å². The predicted octanol–water partition coefficient (Wildman–Crippen LogP) is 6.33. The van der Waals surface area contributed by atoms with Gasteiger partial charge in [-0.1, -0.05) is 61.7 Å². The molecule has 3 aromatic rings. The molecule has 0 aliphatic carbocycles. The van der Waals surface area contributed by atoms with E-state index in [1.807, 2.05) is 12.1 Å². The van der Waals surface area contributed by atoms with Crippen LogP contribution in [0.1, 0.15) is 23.6 Å². The number of halogens is 2. The van der Waals surface area contributed by atoms with Crippen LogP contribution in [0.15, 0.2) is 97.6 Å². The van der Waals surface area contributed by atoms with Crippen LogP contribution in [0, 0.1) is 0 Å². The highest BCUT2D eigenvalue weighted by molar-refractivity contribution is 5.86. The summed E-state index contributed by atoms with van der Waals surface area (Å²) in [5, 5.41) is 0. The van der Waals surface area contributed by atoms with Gasteiger partial charge in [0.05, 0.1) is 5.56 Å². The van der Waals surface area contributed by atoms with Crippen LogP contribution in [0.5, 0.6) is 5.75 Å². The molecule has 0 unspecified atom stereocenters.